The van der Waals surface area contributed by atoms with E-state index in [2.05, 4.69) is 4.74 Å². The van der Waals surface area contributed by atoms with E-state index in [1.165, 1.54) is 20.8 Å². The first-order valence-electron chi connectivity index (χ1n) is 18.2. The van der Waals surface area contributed by atoms with Crippen LogP contribution in [0.2, 0.25) is 0 Å². The Morgan fingerprint density at radius 2 is 1.13 bits per heavy atom. The molecule has 4 saturated carbocycles. The Hall–Kier alpha value is -3.83. The molecule has 4 aliphatic carbocycles. The Morgan fingerprint density at radius 3 is 1.64 bits per heavy atom. The molecule has 1 atom stereocenters. The smallest absolute Gasteiger partial charge is 0.403 e. The number of halogens is 6. The lowest BCUT2D eigenvalue weighted by Crippen LogP contribution is -2.55. The van der Waals surface area contributed by atoms with Crippen LogP contribution in [0.15, 0.2) is 54.6 Å². The van der Waals surface area contributed by atoms with E-state index in [1.807, 2.05) is 42.5 Å². The minimum absolute atomic E-state index is 0.202. The Bertz CT molecular complexity index is 1850. The van der Waals surface area contributed by atoms with Gasteiger partial charge in [-0.05, 0) is 150 Å². The van der Waals surface area contributed by atoms with Crippen molar-refractivity contribution in [2.45, 2.75) is 104 Å². The minimum Gasteiger partial charge on any atom is -0.464 e. The molecule has 0 saturated heterocycles. The van der Waals surface area contributed by atoms with Crippen LogP contribution in [0, 0.1) is 39.9 Å². The Balaban J connectivity index is 1.24. The average Bonchev–Trinajstić information content (AvgIpc) is 3.01. The summed E-state index contributed by atoms with van der Waals surface area (Å²) in [6.07, 6.45) is -6.64. The van der Waals surface area contributed by atoms with Gasteiger partial charge < -0.3 is 14.2 Å². The molecule has 0 N–H and O–H groups in total. The molecule has 0 radical (unpaired) electrons. The number of carbonyl (C=O) groups excluding carboxylic acids is 3. The second-order valence-electron chi connectivity index (χ2n) is 17.5. The van der Waals surface area contributed by atoms with Gasteiger partial charge in [0.25, 0.3) is 0 Å². The number of hydrogen-bond donors (Lipinski definition) is 0. The van der Waals surface area contributed by atoms with E-state index in [1.54, 1.807) is 26.0 Å². The summed E-state index contributed by atoms with van der Waals surface area (Å²) in [7, 11) is 0. The lowest BCUT2D eigenvalue weighted by atomic mass is 9.54. The summed E-state index contributed by atoms with van der Waals surface area (Å²) in [4.78, 5) is 41.6. The topological polar surface area (TPSA) is 78.9 Å². The fourth-order valence-corrected chi connectivity index (χ4v) is 9.73. The highest BCUT2D eigenvalue weighted by Crippen LogP contribution is 2.58. The molecule has 3 aromatic carbocycles. The van der Waals surface area contributed by atoms with Gasteiger partial charge in [-0.2, -0.15) is 26.3 Å². The normalized spacial score (nSPS) is 24.3. The first-order chi connectivity index (χ1) is 24.5. The Kier molecular flexibility index (Phi) is 9.89. The highest BCUT2D eigenvalue weighted by atomic mass is 19.4. The second-order valence-corrected chi connectivity index (χ2v) is 17.5. The van der Waals surface area contributed by atoms with E-state index in [0.717, 1.165) is 40.8 Å². The number of alkyl halides is 6. The molecule has 4 fully saturated rings. The van der Waals surface area contributed by atoms with Crippen molar-refractivity contribution in [3.8, 4) is 5.75 Å². The van der Waals surface area contributed by atoms with Crippen molar-refractivity contribution in [2.24, 2.45) is 39.9 Å². The van der Waals surface area contributed by atoms with Gasteiger partial charge in [0.2, 0.25) is 0 Å². The van der Waals surface area contributed by atoms with E-state index in [9.17, 15) is 40.7 Å². The van der Waals surface area contributed by atoms with Crippen LogP contribution in [0.3, 0.4) is 0 Å². The number of esters is 3. The molecule has 4 bridgehead atoms. The zero-order valence-corrected chi connectivity index (χ0v) is 30.6. The summed E-state index contributed by atoms with van der Waals surface area (Å²) in [5.41, 5.74) is -5.43. The molecule has 53 heavy (non-hydrogen) atoms. The molecule has 12 heteroatoms. The predicted octanol–water partition coefficient (Wildman–Crippen LogP) is 10.5. The fourth-order valence-electron chi connectivity index (χ4n) is 9.73. The standard InChI is InChI=1S/C41H46F6O6/c1-36(2,33(48)51-21-32(40(42,43)44)41(45,46)47)22-38(5,35(50)53-39-18-24-12-25(19-39)14-26(13-24)20-39)23-37(3,4)34(49)52-31-11-10-29-15-27-8-6-7-9-28(27)16-30(29)17-31/h6-11,15-17,24-26,32H,12-14,18-23H2,1-5H3. The molecule has 0 heterocycles. The third kappa shape index (κ3) is 8.31. The molecule has 0 aliphatic heterocycles. The van der Waals surface area contributed by atoms with Crippen molar-refractivity contribution in [3.05, 3.63) is 54.6 Å². The summed E-state index contributed by atoms with van der Waals surface area (Å²) in [6, 6.07) is 17.1. The molecule has 4 aliphatic rings. The lowest BCUT2D eigenvalue weighted by Gasteiger charge is -2.56. The highest BCUT2D eigenvalue weighted by molar-refractivity contribution is 5.99. The van der Waals surface area contributed by atoms with Crippen LogP contribution in [0.1, 0.15) is 86.0 Å². The zero-order chi connectivity index (χ0) is 38.8. The third-order valence-electron chi connectivity index (χ3n) is 11.6. The lowest BCUT2D eigenvalue weighted by molar-refractivity contribution is -0.293. The second kappa shape index (κ2) is 13.5. The maximum Gasteiger partial charge on any atom is 0.403 e. The Labute approximate surface area is 304 Å². The fraction of sp³-hybridized carbons (Fsp3) is 0.585. The maximum atomic E-state index is 14.5. The number of carbonyl (C=O) groups is 3. The molecule has 6 nitrogen and oxygen atoms in total. The van der Waals surface area contributed by atoms with E-state index >= 15 is 0 Å². The van der Waals surface area contributed by atoms with Gasteiger partial charge in [-0.25, -0.2) is 0 Å². The summed E-state index contributed by atoms with van der Waals surface area (Å²) >= 11 is 0. The van der Waals surface area contributed by atoms with Gasteiger partial charge in [-0.3, -0.25) is 14.4 Å². The molecule has 1 unspecified atom stereocenters. The molecule has 0 amide bonds. The molecule has 7 rings (SSSR count). The first kappa shape index (κ1) is 38.9. The zero-order valence-electron chi connectivity index (χ0n) is 30.6. The van der Waals surface area contributed by atoms with Crippen molar-refractivity contribution in [1.29, 1.82) is 0 Å². The van der Waals surface area contributed by atoms with Crippen LogP contribution in [0.5, 0.6) is 5.75 Å². The first-order valence-corrected chi connectivity index (χ1v) is 18.2. The van der Waals surface area contributed by atoms with Gasteiger partial charge >= 0.3 is 30.3 Å². The molecule has 0 spiro atoms. The van der Waals surface area contributed by atoms with Crippen LogP contribution < -0.4 is 4.74 Å². The van der Waals surface area contributed by atoms with E-state index < -0.39 is 64.6 Å². The number of rotatable bonds is 11. The van der Waals surface area contributed by atoms with Crippen molar-refractivity contribution in [1.82, 2.24) is 0 Å². The monoisotopic (exact) mass is 748 g/mol. The predicted molar refractivity (Wildman–Crippen MR) is 186 cm³/mol. The number of ether oxygens (including phenoxy) is 3. The summed E-state index contributed by atoms with van der Waals surface area (Å²) in [5.74, 6) is -5.02. The third-order valence-corrected chi connectivity index (χ3v) is 11.6. The van der Waals surface area contributed by atoms with Crippen molar-refractivity contribution < 1.29 is 54.9 Å². The Morgan fingerprint density at radius 1 is 0.660 bits per heavy atom. The molecule has 3 aromatic rings. The van der Waals surface area contributed by atoms with E-state index in [0.29, 0.717) is 37.0 Å². The minimum atomic E-state index is -5.69. The van der Waals surface area contributed by atoms with Crippen LogP contribution in [-0.2, 0) is 23.9 Å². The molecule has 0 aromatic heterocycles. The molecular weight excluding hydrogens is 702 g/mol. The highest BCUT2D eigenvalue weighted by Gasteiger charge is 2.59. The van der Waals surface area contributed by atoms with Crippen molar-refractivity contribution >= 4 is 39.5 Å². The molecular formula is C41H46F6O6. The largest absolute Gasteiger partial charge is 0.464 e. The van der Waals surface area contributed by atoms with Gasteiger partial charge in [0, 0.05) is 0 Å². The number of fused-ring (bicyclic) bond motifs is 2. The van der Waals surface area contributed by atoms with Gasteiger partial charge in [0.1, 0.15) is 18.0 Å². The average molecular weight is 749 g/mol. The number of hydrogen-bond acceptors (Lipinski definition) is 6. The van der Waals surface area contributed by atoms with Gasteiger partial charge in [0.05, 0.1) is 16.2 Å². The van der Waals surface area contributed by atoms with Gasteiger partial charge in [-0.15, -0.1) is 0 Å². The summed E-state index contributed by atoms with van der Waals surface area (Å²) in [6.45, 7) is 5.33. The van der Waals surface area contributed by atoms with Crippen LogP contribution in [0.4, 0.5) is 26.3 Å². The SMILES string of the molecule is CC(C)(CC(C)(CC(C)(C)C(=O)Oc1ccc2cc3ccccc3cc2c1)C(=O)OC12CC3CC(CC(C3)C1)C2)C(=O)OCC(C(F)(F)F)C(F)(F)F. The van der Waals surface area contributed by atoms with Crippen molar-refractivity contribution in [3.63, 3.8) is 0 Å². The van der Waals surface area contributed by atoms with E-state index in [-0.39, 0.29) is 18.6 Å². The van der Waals surface area contributed by atoms with Gasteiger partial charge in [0.15, 0.2) is 5.92 Å². The maximum absolute atomic E-state index is 14.5. The van der Waals surface area contributed by atoms with E-state index in [4.69, 9.17) is 9.47 Å². The van der Waals surface area contributed by atoms with Crippen LogP contribution >= 0.6 is 0 Å². The van der Waals surface area contributed by atoms with Gasteiger partial charge in [-0.1, -0.05) is 30.3 Å². The van der Waals surface area contributed by atoms with Crippen molar-refractivity contribution in [2.75, 3.05) is 6.61 Å². The van der Waals surface area contributed by atoms with Crippen LogP contribution in [0.25, 0.3) is 21.5 Å². The summed E-state index contributed by atoms with van der Waals surface area (Å²) < 4.78 is 96.4. The quantitative estimate of drug-likeness (QED) is 0.0841. The molecule has 288 valence electrons. The van der Waals surface area contributed by atoms with Crippen LogP contribution in [-0.4, -0.2) is 42.5 Å². The number of benzene rings is 3. The summed E-state index contributed by atoms with van der Waals surface area (Å²) in [5, 5.41) is 3.84.